The molecule has 6 nitrogen and oxygen atoms in total. The topological polar surface area (TPSA) is 75.7 Å². The van der Waals surface area contributed by atoms with Crippen LogP contribution in [0.4, 0.5) is 0 Å². The van der Waals surface area contributed by atoms with Crippen molar-refractivity contribution in [3.05, 3.63) is 28.8 Å². The maximum Gasteiger partial charge on any atom is 0.339 e. The van der Waals surface area contributed by atoms with Gasteiger partial charge in [0.05, 0.1) is 17.6 Å². The molecule has 1 heterocycles. The van der Waals surface area contributed by atoms with Crippen molar-refractivity contribution in [1.82, 2.24) is 9.62 Å². The number of nitrogens with one attached hydrogen (secondary N) is 1. The van der Waals surface area contributed by atoms with Crippen molar-refractivity contribution >= 4 is 27.6 Å². The molecular formula is C15H21ClN2O4S. The largest absolute Gasteiger partial charge is 0.465 e. The number of rotatable bonds is 5. The molecule has 0 unspecified atom stereocenters. The molecule has 0 atom stereocenters. The summed E-state index contributed by atoms with van der Waals surface area (Å²) in [5, 5.41) is 3.38. The molecule has 0 radical (unpaired) electrons. The van der Waals surface area contributed by atoms with E-state index in [2.05, 4.69) is 10.1 Å². The molecule has 2 rings (SSSR count). The highest BCUT2D eigenvalue weighted by molar-refractivity contribution is 7.89. The van der Waals surface area contributed by atoms with Gasteiger partial charge in [0.15, 0.2) is 0 Å². The van der Waals surface area contributed by atoms with Crippen molar-refractivity contribution in [3.63, 3.8) is 0 Å². The second-order valence-corrected chi connectivity index (χ2v) is 7.88. The molecule has 0 saturated carbocycles. The smallest absolute Gasteiger partial charge is 0.339 e. The van der Waals surface area contributed by atoms with Gasteiger partial charge in [0.1, 0.15) is 0 Å². The number of ether oxygens (including phenoxy) is 1. The molecule has 1 saturated heterocycles. The normalized spacial score (nSPS) is 17.2. The summed E-state index contributed by atoms with van der Waals surface area (Å²) in [4.78, 5) is 11.8. The molecule has 0 bridgehead atoms. The molecule has 0 spiro atoms. The van der Waals surface area contributed by atoms with Crippen molar-refractivity contribution in [3.8, 4) is 0 Å². The summed E-state index contributed by atoms with van der Waals surface area (Å²) in [7, 11) is -0.676. The van der Waals surface area contributed by atoms with E-state index in [-0.39, 0.29) is 15.5 Å². The number of carbonyl (C=O) groups is 1. The average Bonchev–Trinajstić information content (AvgIpc) is 2.55. The van der Waals surface area contributed by atoms with E-state index < -0.39 is 16.0 Å². The molecule has 0 amide bonds. The van der Waals surface area contributed by atoms with E-state index in [9.17, 15) is 13.2 Å². The fourth-order valence-electron chi connectivity index (χ4n) is 2.77. The van der Waals surface area contributed by atoms with Crippen LogP contribution in [0, 0.1) is 5.92 Å². The summed E-state index contributed by atoms with van der Waals surface area (Å²) in [5.41, 5.74) is 0.00856. The zero-order chi connectivity index (χ0) is 17.0. The number of methoxy groups -OCH3 is 1. The minimum atomic E-state index is -3.78. The Labute approximate surface area is 141 Å². The van der Waals surface area contributed by atoms with E-state index in [4.69, 9.17) is 11.6 Å². The van der Waals surface area contributed by atoms with Gasteiger partial charge >= 0.3 is 5.97 Å². The highest BCUT2D eigenvalue weighted by Gasteiger charge is 2.32. The van der Waals surface area contributed by atoms with E-state index in [0.717, 1.165) is 19.4 Å². The number of piperidine rings is 1. The van der Waals surface area contributed by atoms with Gasteiger partial charge in [-0.25, -0.2) is 13.2 Å². The van der Waals surface area contributed by atoms with Crippen molar-refractivity contribution in [2.24, 2.45) is 5.92 Å². The third kappa shape index (κ3) is 4.03. The van der Waals surface area contributed by atoms with Crippen LogP contribution in [0.15, 0.2) is 23.1 Å². The Bertz CT molecular complexity index is 670. The number of hydrogen-bond acceptors (Lipinski definition) is 5. The minimum Gasteiger partial charge on any atom is -0.465 e. The van der Waals surface area contributed by atoms with Gasteiger partial charge in [-0.1, -0.05) is 11.6 Å². The molecule has 1 fully saturated rings. The van der Waals surface area contributed by atoms with Crippen LogP contribution >= 0.6 is 11.6 Å². The second-order valence-electron chi connectivity index (χ2n) is 5.54. The first-order chi connectivity index (χ1) is 10.9. The third-order valence-corrected chi connectivity index (χ3v) is 6.21. The summed E-state index contributed by atoms with van der Waals surface area (Å²) < 4.78 is 31.9. The Balaban J connectivity index is 2.30. The number of esters is 1. The maximum atomic E-state index is 12.9. The number of sulfonamides is 1. The Morgan fingerprint density at radius 3 is 2.61 bits per heavy atom. The number of nitrogens with zero attached hydrogens (tertiary/aromatic N) is 1. The average molecular weight is 361 g/mol. The summed E-state index contributed by atoms with van der Waals surface area (Å²) >= 11 is 5.93. The zero-order valence-corrected chi connectivity index (χ0v) is 14.8. The Hall–Kier alpha value is -1.15. The molecule has 1 aromatic carbocycles. The van der Waals surface area contributed by atoms with Crippen molar-refractivity contribution in [1.29, 1.82) is 0 Å². The highest BCUT2D eigenvalue weighted by atomic mass is 35.5. The predicted octanol–water partition coefficient (Wildman–Crippen LogP) is 1.75. The van der Waals surface area contributed by atoms with Gasteiger partial charge < -0.3 is 10.1 Å². The SMILES string of the molecule is CNCC1CCN(S(=O)(=O)c2cc(Cl)ccc2C(=O)OC)CC1. The van der Waals surface area contributed by atoms with Crippen molar-refractivity contribution < 1.29 is 17.9 Å². The maximum absolute atomic E-state index is 12.9. The Morgan fingerprint density at radius 2 is 2.04 bits per heavy atom. The van der Waals surface area contributed by atoms with Gasteiger partial charge in [0, 0.05) is 18.1 Å². The highest BCUT2D eigenvalue weighted by Crippen LogP contribution is 2.28. The van der Waals surface area contributed by atoms with Gasteiger partial charge in [-0.2, -0.15) is 4.31 Å². The summed E-state index contributed by atoms with van der Waals surface area (Å²) in [6, 6.07) is 4.17. The van der Waals surface area contributed by atoms with Crippen LogP contribution in [0.5, 0.6) is 0 Å². The minimum absolute atomic E-state index is 0.00856. The number of carbonyl (C=O) groups excluding carboxylic acids is 1. The lowest BCUT2D eigenvalue weighted by Crippen LogP contribution is -2.40. The van der Waals surface area contributed by atoms with Crippen LogP contribution in [0.25, 0.3) is 0 Å². The molecule has 128 valence electrons. The van der Waals surface area contributed by atoms with E-state index in [0.29, 0.717) is 19.0 Å². The molecule has 1 aromatic rings. The van der Waals surface area contributed by atoms with Crippen LogP contribution in [-0.4, -0.2) is 52.5 Å². The molecule has 1 N–H and O–H groups in total. The standard InChI is InChI=1S/C15H21ClN2O4S/c1-17-10-11-5-7-18(8-6-11)23(20,21)14-9-12(16)3-4-13(14)15(19)22-2/h3-4,9,11,17H,5-8,10H2,1-2H3. The monoisotopic (exact) mass is 360 g/mol. The first-order valence-electron chi connectivity index (χ1n) is 7.42. The molecule has 8 heteroatoms. The van der Waals surface area contributed by atoms with E-state index in [1.165, 1.54) is 29.6 Å². The fraction of sp³-hybridized carbons (Fsp3) is 0.533. The van der Waals surface area contributed by atoms with Crippen LogP contribution in [-0.2, 0) is 14.8 Å². The van der Waals surface area contributed by atoms with Crippen molar-refractivity contribution in [2.75, 3.05) is 33.8 Å². The van der Waals surface area contributed by atoms with Gasteiger partial charge in [0.2, 0.25) is 10.0 Å². The lowest BCUT2D eigenvalue weighted by Gasteiger charge is -2.31. The van der Waals surface area contributed by atoms with Crippen LogP contribution in [0.3, 0.4) is 0 Å². The number of halogens is 1. The molecule has 0 aliphatic carbocycles. The van der Waals surface area contributed by atoms with Gasteiger partial charge in [-0.3, -0.25) is 0 Å². The molecule has 1 aliphatic rings. The lowest BCUT2D eigenvalue weighted by atomic mass is 9.98. The molecular weight excluding hydrogens is 340 g/mol. The van der Waals surface area contributed by atoms with Crippen LogP contribution in [0.1, 0.15) is 23.2 Å². The second kappa shape index (κ2) is 7.61. The molecule has 23 heavy (non-hydrogen) atoms. The van der Waals surface area contributed by atoms with Gasteiger partial charge in [-0.15, -0.1) is 0 Å². The Kier molecular flexibility index (Phi) is 6.02. The first kappa shape index (κ1) is 18.2. The zero-order valence-electron chi connectivity index (χ0n) is 13.2. The number of hydrogen-bond donors (Lipinski definition) is 1. The first-order valence-corrected chi connectivity index (χ1v) is 9.24. The fourth-order valence-corrected chi connectivity index (χ4v) is 4.68. The molecule has 1 aliphatic heterocycles. The van der Waals surface area contributed by atoms with Gasteiger partial charge in [-0.05, 0) is 50.6 Å². The summed E-state index contributed by atoms with van der Waals surface area (Å²) in [6.45, 7) is 1.74. The van der Waals surface area contributed by atoms with E-state index in [1.54, 1.807) is 0 Å². The van der Waals surface area contributed by atoms with Crippen molar-refractivity contribution in [2.45, 2.75) is 17.7 Å². The van der Waals surface area contributed by atoms with Crippen LogP contribution < -0.4 is 5.32 Å². The third-order valence-electron chi connectivity index (χ3n) is 4.03. The van der Waals surface area contributed by atoms with Gasteiger partial charge in [0.25, 0.3) is 0 Å². The molecule has 0 aromatic heterocycles. The lowest BCUT2D eigenvalue weighted by molar-refractivity contribution is 0.0596. The quantitative estimate of drug-likeness (QED) is 0.809. The van der Waals surface area contributed by atoms with E-state index in [1.807, 2.05) is 7.05 Å². The number of benzene rings is 1. The van der Waals surface area contributed by atoms with Crippen LogP contribution in [0.2, 0.25) is 5.02 Å². The summed E-state index contributed by atoms with van der Waals surface area (Å²) in [6.07, 6.45) is 1.57. The Morgan fingerprint density at radius 1 is 1.39 bits per heavy atom. The predicted molar refractivity (Wildman–Crippen MR) is 88.2 cm³/mol. The summed E-state index contributed by atoms with van der Waals surface area (Å²) in [5.74, 6) is -0.226. The van der Waals surface area contributed by atoms with E-state index >= 15 is 0 Å².